The lowest BCUT2D eigenvalue weighted by Crippen LogP contribution is -2.56. The van der Waals surface area contributed by atoms with Gasteiger partial charge in [0.2, 0.25) is 0 Å². The van der Waals surface area contributed by atoms with Crippen LogP contribution >= 0.6 is 0 Å². The van der Waals surface area contributed by atoms with Crippen LogP contribution < -0.4 is 0 Å². The number of aliphatic carboxylic acids is 1. The zero-order valence-electron chi connectivity index (χ0n) is 11.4. The first-order chi connectivity index (χ1) is 9.44. The van der Waals surface area contributed by atoms with Crippen molar-refractivity contribution in [1.82, 2.24) is 0 Å². The molecule has 1 unspecified atom stereocenters. The fourth-order valence-electron chi connectivity index (χ4n) is 4.49. The highest BCUT2D eigenvalue weighted by Crippen LogP contribution is 2.68. The third-order valence-electron chi connectivity index (χ3n) is 5.68. The molecule has 106 valence electrons. The molecular weight excluding hydrogens is 260 g/mol. The van der Waals surface area contributed by atoms with Crippen LogP contribution in [0.3, 0.4) is 0 Å². The van der Waals surface area contributed by atoms with Crippen LogP contribution in [0, 0.1) is 23.2 Å². The summed E-state index contributed by atoms with van der Waals surface area (Å²) in [4.78, 5) is 23.7. The molecule has 5 atom stereocenters. The highest BCUT2D eigenvalue weighted by atomic mass is 16.6. The molecule has 2 spiro atoms. The monoisotopic (exact) mass is 276 g/mol. The Bertz CT molecular complexity index is 597. The number of ether oxygens (including phenoxy) is 2. The lowest BCUT2D eigenvalue weighted by atomic mass is 9.61. The number of carbonyl (C=O) groups excluding carboxylic acids is 1. The van der Waals surface area contributed by atoms with Gasteiger partial charge < -0.3 is 14.6 Å². The van der Waals surface area contributed by atoms with Gasteiger partial charge in [0.15, 0.2) is 5.60 Å². The molecule has 0 bridgehead atoms. The summed E-state index contributed by atoms with van der Waals surface area (Å²) in [6, 6.07) is 0. The number of allylic oxidation sites excluding steroid dienone is 2. The van der Waals surface area contributed by atoms with Gasteiger partial charge in [-0.05, 0) is 18.8 Å². The molecule has 5 nitrogen and oxygen atoms in total. The zero-order valence-corrected chi connectivity index (χ0v) is 11.4. The van der Waals surface area contributed by atoms with Gasteiger partial charge in [-0.1, -0.05) is 24.6 Å². The second-order valence-corrected chi connectivity index (χ2v) is 6.33. The number of hydrogen-bond acceptors (Lipinski definition) is 4. The van der Waals surface area contributed by atoms with Gasteiger partial charge in [0, 0.05) is 16.9 Å². The van der Waals surface area contributed by atoms with Crippen LogP contribution in [0.5, 0.6) is 0 Å². The van der Waals surface area contributed by atoms with Gasteiger partial charge in [-0.15, -0.1) is 0 Å². The minimum absolute atomic E-state index is 0.00829. The highest BCUT2D eigenvalue weighted by Gasteiger charge is 2.78. The van der Waals surface area contributed by atoms with E-state index in [1.54, 1.807) is 0 Å². The van der Waals surface area contributed by atoms with E-state index in [0.717, 1.165) is 0 Å². The first-order valence-corrected chi connectivity index (χ1v) is 6.89. The normalized spacial score (nSPS) is 48.3. The Morgan fingerprint density at radius 2 is 2.20 bits per heavy atom. The molecule has 0 amide bonds. The number of carboxylic acid groups (broad SMARTS) is 1. The molecule has 5 heteroatoms. The lowest BCUT2D eigenvalue weighted by molar-refractivity contribution is -0.170. The number of carboxylic acids is 1. The Hall–Kier alpha value is -1.62. The molecule has 2 heterocycles. The van der Waals surface area contributed by atoms with E-state index < -0.39 is 17.0 Å². The van der Waals surface area contributed by atoms with Gasteiger partial charge >= 0.3 is 11.9 Å². The molecule has 20 heavy (non-hydrogen) atoms. The number of epoxide rings is 1. The van der Waals surface area contributed by atoms with Gasteiger partial charge in [-0.2, -0.15) is 0 Å². The number of esters is 1. The summed E-state index contributed by atoms with van der Waals surface area (Å²) >= 11 is 0. The largest absolute Gasteiger partial charge is 0.478 e. The standard InChI is InChI=1S/C15H16O5/c1-7-4-14-10(8(7)2)3-9(12(16)17)11(14)5-19-13(18)15(14)6-20-15/h3-4,8,10-11H,5-6H2,1-2H3,(H,16,17)/t8-,10-,11+,14?,15-/m1/s1. The molecule has 0 aromatic heterocycles. The number of rotatable bonds is 1. The van der Waals surface area contributed by atoms with Crippen molar-refractivity contribution in [2.75, 3.05) is 13.2 Å². The second kappa shape index (κ2) is 3.34. The van der Waals surface area contributed by atoms with Gasteiger partial charge in [-0.3, -0.25) is 0 Å². The predicted molar refractivity (Wildman–Crippen MR) is 67.7 cm³/mol. The van der Waals surface area contributed by atoms with E-state index in [2.05, 4.69) is 13.0 Å². The molecule has 2 saturated heterocycles. The third-order valence-corrected chi connectivity index (χ3v) is 5.68. The Morgan fingerprint density at radius 3 is 2.80 bits per heavy atom. The van der Waals surface area contributed by atoms with E-state index in [4.69, 9.17) is 9.47 Å². The van der Waals surface area contributed by atoms with Crippen molar-refractivity contribution in [3.63, 3.8) is 0 Å². The summed E-state index contributed by atoms with van der Waals surface area (Å²) in [5.74, 6) is -1.33. The lowest BCUT2D eigenvalue weighted by Gasteiger charge is -2.43. The van der Waals surface area contributed by atoms with E-state index >= 15 is 0 Å². The van der Waals surface area contributed by atoms with Crippen LogP contribution in [-0.4, -0.2) is 35.9 Å². The van der Waals surface area contributed by atoms with Crippen molar-refractivity contribution >= 4 is 11.9 Å². The van der Waals surface area contributed by atoms with Crippen LogP contribution in [0.15, 0.2) is 23.3 Å². The van der Waals surface area contributed by atoms with E-state index in [1.165, 1.54) is 5.57 Å². The first-order valence-electron chi connectivity index (χ1n) is 6.89. The van der Waals surface area contributed by atoms with Crippen molar-refractivity contribution in [3.05, 3.63) is 23.3 Å². The zero-order chi connectivity index (χ0) is 14.3. The van der Waals surface area contributed by atoms with Gasteiger partial charge in [0.25, 0.3) is 0 Å². The van der Waals surface area contributed by atoms with Crippen molar-refractivity contribution < 1.29 is 24.2 Å². The molecule has 4 rings (SSSR count). The molecule has 2 fully saturated rings. The van der Waals surface area contributed by atoms with Crippen molar-refractivity contribution in [2.45, 2.75) is 19.4 Å². The average Bonchev–Trinajstić information content (AvgIpc) is 3.07. The van der Waals surface area contributed by atoms with Gasteiger partial charge in [0.05, 0.1) is 13.2 Å². The van der Waals surface area contributed by atoms with E-state index in [0.29, 0.717) is 12.2 Å². The third kappa shape index (κ3) is 1.06. The van der Waals surface area contributed by atoms with E-state index in [-0.39, 0.29) is 30.3 Å². The summed E-state index contributed by atoms with van der Waals surface area (Å²) < 4.78 is 10.8. The van der Waals surface area contributed by atoms with Crippen molar-refractivity contribution in [1.29, 1.82) is 0 Å². The summed E-state index contributed by atoms with van der Waals surface area (Å²) in [6.45, 7) is 4.59. The minimum atomic E-state index is -0.958. The smallest absolute Gasteiger partial charge is 0.341 e. The van der Waals surface area contributed by atoms with Crippen LogP contribution in [0.2, 0.25) is 0 Å². The molecule has 0 radical (unpaired) electrons. The summed E-state index contributed by atoms with van der Waals surface area (Å²) in [6.07, 6.45) is 3.92. The maximum atomic E-state index is 12.2. The molecule has 1 N–H and O–H groups in total. The fraction of sp³-hybridized carbons (Fsp3) is 0.600. The van der Waals surface area contributed by atoms with E-state index in [1.807, 2.05) is 13.0 Å². The quantitative estimate of drug-likeness (QED) is 0.442. The Morgan fingerprint density at radius 1 is 1.50 bits per heavy atom. The van der Waals surface area contributed by atoms with Crippen LogP contribution in [0.4, 0.5) is 0 Å². The number of hydrogen-bond donors (Lipinski definition) is 1. The Labute approximate surface area is 116 Å². The number of carbonyl (C=O) groups is 2. The Kier molecular flexibility index (Phi) is 2.03. The predicted octanol–water partition coefficient (Wildman–Crippen LogP) is 1.15. The fourth-order valence-corrected chi connectivity index (χ4v) is 4.49. The molecular formula is C15H16O5. The maximum absolute atomic E-state index is 12.2. The molecule has 4 aliphatic rings. The SMILES string of the molecule is CC1=CC23[C@H](C=C(C(=O)O)[C@@H]2COC(=O)[C@]32CO2)[C@@H]1C. The van der Waals surface area contributed by atoms with Gasteiger partial charge in [0.1, 0.15) is 0 Å². The highest BCUT2D eigenvalue weighted by molar-refractivity contribution is 5.92. The van der Waals surface area contributed by atoms with Crippen molar-refractivity contribution in [3.8, 4) is 0 Å². The average molecular weight is 276 g/mol. The molecule has 0 saturated carbocycles. The molecule has 0 aromatic rings. The summed E-state index contributed by atoms with van der Waals surface area (Å²) in [7, 11) is 0. The van der Waals surface area contributed by atoms with Crippen LogP contribution in [0.25, 0.3) is 0 Å². The Balaban J connectivity index is 1.92. The molecule has 2 aliphatic carbocycles. The van der Waals surface area contributed by atoms with Gasteiger partial charge in [-0.25, -0.2) is 9.59 Å². The second-order valence-electron chi connectivity index (χ2n) is 6.33. The summed E-state index contributed by atoms with van der Waals surface area (Å²) in [5, 5.41) is 9.44. The topological polar surface area (TPSA) is 76.1 Å². The molecule has 2 aliphatic heterocycles. The number of cyclic esters (lactones) is 1. The van der Waals surface area contributed by atoms with Crippen LogP contribution in [0.1, 0.15) is 13.8 Å². The van der Waals surface area contributed by atoms with E-state index in [9.17, 15) is 14.7 Å². The summed E-state index contributed by atoms with van der Waals surface area (Å²) in [5.41, 5.74) is 0.0538. The minimum Gasteiger partial charge on any atom is -0.478 e. The van der Waals surface area contributed by atoms with Crippen molar-refractivity contribution in [2.24, 2.45) is 23.2 Å². The molecule has 0 aromatic carbocycles. The van der Waals surface area contributed by atoms with Crippen LogP contribution in [-0.2, 0) is 19.1 Å². The first kappa shape index (κ1) is 12.1. The maximum Gasteiger partial charge on any atom is 0.341 e.